The minimum Gasteiger partial charge on any atom is -0.465 e. The minimum atomic E-state index is 0.465. The second-order valence-corrected chi connectivity index (χ2v) is 6.16. The first-order chi connectivity index (χ1) is 10.2. The van der Waals surface area contributed by atoms with Gasteiger partial charge in [0.2, 0.25) is 0 Å². The van der Waals surface area contributed by atoms with Gasteiger partial charge in [-0.2, -0.15) is 0 Å². The Bertz CT molecular complexity index is 549. The van der Waals surface area contributed by atoms with Gasteiger partial charge in [-0.15, -0.1) is 0 Å². The molecule has 2 aromatic rings. The molecule has 0 aliphatic heterocycles. The van der Waals surface area contributed by atoms with Gasteiger partial charge in [0.25, 0.3) is 0 Å². The van der Waals surface area contributed by atoms with E-state index >= 15 is 0 Å². The Balaban J connectivity index is 2.41. The lowest BCUT2D eigenvalue weighted by molar-refractivity contribution is 0.448. The highest BCUT2D eigenvalue weighted by Crippen LogP contribution is 2.32. The number of furan rings is 1. The number of hydrogen-bond acceptors (Lipinski definition) is 1. The molecule has 0 N–H and O–H groups in total. The summed E-state index contributed by atoms with van der Waals surface area (Å²) in [6.07, 6.45) is 5.55. The molecular weight excluding hydrogens is 256 g/mol. The molecule has 0 atom stereocenters. The number of hydrogen-bond donors (Lipinski definition) is 0. The lowest BCUT2D eigenvalue weighted by atomic mass is 9.95. The number of benzene rings is 1. The van der Waals surface area contributed by atoms with Crippen molar-refractivity contribution in [3.63, 3.8) is 0 Å². The molecule has 0 saturated heterocycles. The molecule has 114 valence electrons. The standard InChI is InChI=1S/C20H28O/c1-5-10-17-18(11-6-2)20(15(3)4)21-19(17)14-16-12-8-7-9-13-16/h7-9,12-13,15H,5-6,10-11,14H2,1-4H3. The van der Waals surface area contributed by atoms with Crippen molar-refractivity contribution in [2.45, 2.75) is 65.7 Å². The fourth-order valence-corrected chi connectivity index (χ4v) is 3.03. The average Bonchev–Trinajstić information content (AvgIpc) is 2.80. The van der Waals surface area contributed by atoms with Gasteiger partial charge in [0.05, 0.1) is 0 Å². The summed E-state index contributed by atoms with van der Waals surface area (Å²) in [6, 6.07) is 10.7. The van der Waals surface area contributed by atoms with Gasteiger partial charge in [0.1, 0.15) is 11.5 Å². The summed E-state index contributed by atoms with van der Waals surface area (Å²) in [5.41, 5.74) is 4.30. The van der Waals surface area contributed by atoms with Crippen LogP contribution in [0.15, 0.2) is 34.7 Å². The van der Waals surface area contributed by atoms with E-state index in [1.165, 1.54) is 41.1 Å². The van der Waals surface area contributed by atoms with Crippen molar-refractivity contribution in [1.29, 1.82) is 0 Å². The molecule has 0 unspecified atom stereocenters. The van der Waals surface area contributed by atoms with Crippen molar-refractivity contribution in [2.24, 2.45) is 0 Å². The molecule has 21 heavy (non-hydrogen) atoms. The fraction of sp³-hybridized carbons (Fsp3) is 0.500. The molecule has 1 heteroatoms. The Hall–Kier alpha value is -1.50. The first-order valence-electron chi connectivity index (χ1n) is 8.34. The van der Waals surface area contributed by atoms with Crippen LogP contribution in [0.1, 0.15) is 74.7 Å². The zero-order valence-corrected chi connectivity index (χ0v) is 13.9. The molecule has 1 nitrogen and oxygen atoms in total. The van der Waals surface area contributed by atoms with Gasteiger partial charge in [-0.05, 0) is 29.5 Å². The molecule has 0 aliphatic carbocycles. The molecule has 1 aromatic carbocycles. The maximum absolute atomic E-state index is 6.32. The SMILES string of the molecule is CCCc1c(Cc2ccccc2)oc(C(C)C)c1CCC. The molecule has 2 rings (SSSR count). The van der Waals surface area contributed by atoms with Crippen LogP contribution in [0.2, 0.25) is 0 Å². The molecule has 0 fully saturated rings. The van der Waals surface area contributed by atoms with Crippen molar-refractivity contribution < 1.29 is 4.42 Å². The Morgan fingerprint density at radius 1 is 0.905 bits per heavy atom. The van der Waals surface area contributed by atoms with Crippen LogP contribution in [0, 0.1) is 0 Å². The summed E-state index contributed by atoms with van der Waals surface area (Å²) in [5.74, 6) is 2.87. The van der Waals surface area contributed by atoms with E-state index in [1.54, 1.807) is 0 Å². The minimum absolute atomic E-state index is 0.465. The maximum Gasteiger partial charge on any atom is 0.112 e. The van der Waals surface area contributed by atoms with Crippen molar-refractivity contribution >= 4 is 0 Å². The van der Waals surface area contributed by atoms with Gasteiger partial charge < -0.3 is 4.42 Å². The highest BCUT2D eigenvalue weighted by molar-refractivity contribution is 5.38. The van der Waals surface area contributed by atoms with Crippen LogP contribution < -0.4 is 0 Å². The zero-order chi connectivity index (χ0) is 15.2. The third kappa shape index (κ3) is 3.78. The molecule has 0 amide bonds. The first kappa shape index (κ1) is 15.9. The predicted octanol–water partition coefficient (Wildman–Crippen LogP) is 5.90. The lowest BCUT2D eigenvalue weighted by Crippen LogP contribution is -1.97. The monoisotopic (exact) mass is 284 g/mol. The van der Waals surface area contributed by atoms with E-state index in [-0.39, 0.29) is 0 Å². The van der Waals surface area contributed by atoms with Crippen LogP contribution in [0.3, 0.4) is 0 Å². The summed E-state index contributed by atoms with van der Waals surface area (Å²) in [7, 11) is 0. The van der Waals surface area contributed by atoms with E-state index in [2.05, 4.69) is 58.0 Å². The van der Waals surface area contributed by atoms with Crippen molar-refractivity contribution in [3.05, 3.63) is 58.5 Å². The van der Waals surface area contributed by atoms with Crippen LogP contribution in [0.25, 0.3) is 0 Å². The van der Waals surface area contributed by atoms with Gasteiger partial charge in [-0.1, -0.05) is 70.9 Å². The van der Waals surface area contributed by atoms with E-state index < -0.39 is 0 Å². The third-order valence-electron chi connectivity index (χ3n) is 3.96. The van der Waals surface area contributed by atoms with Crippen LogP contribution in [0.5, 0.6) is 0 Å². The summed E-state index contributed by atoms with van der Waals surface area (Å²) in [4.78, 5) is 0. The van der Waals surface area contributed by atoms with Gasteiger partial charge in [0, 0.05) is 12.3 Å². The van der Waals surface area contributed by atoms with Crippen LogP contribution in [0.4, 0.5) is 0 Å². The molecule has 0 saturated carbocycles. The summed E-state index contributed by atoms with van der Waals surface area (Å²) >= 11 is 0. The lowest BCUT2D eigenvalue weighted by Gasteiger charge is -2.06. The fourth-order valence-electron chi connectivity index (χ4n) is 3.03. The highest BCUT2D eigenvalue weighted by atomic mass is 16.3. The van der Waals surface area contributed by atoms with Gasteiger partial charge >= 0.3 is 0 Å². The van der Waals surface area contributed by atoms with Crippen molar-refractivity contribution in [1.82, 2.24) is 0 Å². The molecule has 1 heterocycles. The van der Waals surface area contributed by atoms with E-state index in [0.717, 1.165) is 19.3 Å². The average molecular weight is 284 g/mol. The van der Waals surface area contributed by atoms with E-state index in [4.69, 9.17) is 4.42 Å². The number of rotatable bonds is 7. The zero-order valence-electron chi connectivity index (χ0n) is 13.9. The molecule has 0 aliphatic rings. The topological polar surface area (TPSA) is 13.1 Å². The second-order valence-electron chi connectivity index (χ2n) is 6.16. The van der Waals surface area contributed by atoms with Gasteiger partial charge in [-0.3, -0.25) is 0 Å². The summed E-state index contributed by atoms with van der Waals surface area (Å²) in [6.45, 7) is 8.98. The third-order valence-corrected chi connectivity index (χ3v) is 3.96. The maximum atomic E-state index is 6.32. The molecule has 0 bridgehead atoms. The summed E-state index contributed by atoms with van der Waals surface area (Å²) < 4.78 is 6.32. The van der Waals surface area contributed by atoms with Gasteiger partial charge in [0.15, 0.2) is 0 Å². The highest BCUT2D eigenvalue weighted by Gasteiger charge is 2.20. The molecule has 0 radical (unpaired) electrons. The largest absolute Gasteiger partial charge is 0.465 e. The van der Waals surface area contributed by atoms with Crippen molar-refractivity contribution in [3.8, 4) is 0 Å². The Morgan fingerprint density at radius 2 is 1.52 bits per heavy atom. The summed E-state index contributed by atoms with van der Waals surface area (Å²) in [5, 5.41) is 0. The van der Waals surface area contributed by atoms with Crippen LogP contribution in [-0.2, 0) is 19.3 Å². The normalized spacial score (nSPS) is 11.3. The van der Waals surface area contributed by atoms with E-state index in [1.807, 2.05) is 0 Å². The Kier molecular flexibility index (Phi) is 5.67. The van der Waals surface area contributed by atoms with Crippen molar-refractivity contribution in [2.75, 3.05) is 0 Å². The smallest absolute Gasteiger partial charge is 0.112 e. The quantitative estimate of drug-likeness (QED) is 0.617. The second kappa shape index (κ2) is 7.49. The Morgan fingerprint density at radius 3 is 2.10 bits per heavy atom. The molecular formula is C20H28O. The van der Waals surface area contributed by atoms with E-state index in [0.29, 0.717) is 5.92 Å². The first-order valence-corrected chi connectivity index (χ1v) is 8.34. The molecule has 0 spiro atoms. The van der Waals surface area contributed by atoms with E-state index in [9.17, 15) is 0 Å². The predicted molar refractivity (Wildman–Crippen MR) is 90.0 cm³/mol. The van der Waals surface area contributed by atoms with Crippen LogP contribution in [-0.4, -0.2) is 0 Å². The van der Waals surface area contributed by atoms with Gasteiger partial charge in [-0.25, -0.2) is 0 Å². The molecule has 1 aromatic heterocycles. The van der Waals surface area contributed by atoms with Crippen LogP contribution >= 0.6 is 0 Å². The Labute approximate surface area is 129 Å².